The van der Waals surface area contributed by atoms with Crippen LogP contribution in [-0.4, -0.2) is 5.78 Å². The number of hydrogen-bond acceptors (Lipinski definition) is 2. The second-order valence-electron chi connectivity index (χ2n) is 2.88. The Balaban J connectivity index is 3.56. The van der Waals surface area contributed by atoms with E-state index in [1.54, 1.807) is 6.07 Å². The summed E-state index contributed by atoms with van der Waals surface area (Å²) in [6.07, 6.45) is -2.86. The molecule has 0 aliphatic heterocycles. The molecule has 0 aliphatic rings. The van der Waals surface area contributed by atoms with Crippen LogP contribution in [-0.2, 0) is 0 Å². The maximum Gasteiger partial charge on any atom is 0.265 e. The average molecular weight is 230 g/mol. The van der Waals surface area contributed by atoms with Crippen molar-refractivity contribution in [3.63, 3.8) is 0 Å². The molecule has 0 bridgehead atoms. The third-order valence-corrected chi connectivity index (χ3v) is 2.08. The normalized spacial score (nSPS) is 10.1. The smallest absolute Gasteiger partial charge is 0.265 e. The van der Waals surface area contributed by atoms with Crippen molar-refractivity contribution < 1.29 is 13.6 Å². The van der Waals surface area contributed by atoms with E-state index in [1.165, 1.54) is 0 Å². The van der Waals surface area contributed by atoms with Gasteiger partial charge in [0.1, 0.15) is 0 Å². The Morgan fingerprint density at radius 1 is 1.53 bits per heavy atom. The van der Waals surface area contributed by atoms with Gasteiger partial charge in [0, 0.05) is 16.1 Å². The number of nitriles is 1. The fraction of sp³-hybridized carbons (Fsp3) is 0.200. The van der Waals surface area contributed by atoms with Gasteiger partial charge in [-0.15, -0.1) is 0 Å². The zero-order chi connectivity index (χ0) is 11.6. The van der Waals surface area contributed by atoms with Crippen LogP contribution in [0.25, 0.3) is 0 Å². The molecule has 0 fully saturated rings. The largest absolute Gasteiger partial charge is 0.294 e. The van der Waals surface area contributed by atoms with Crippen molar-refractivity contribution in [2.24, 2.45) is 0 Å². The SMILES string of the molecule is CC(=O)c1cc(Cl)cc(C#N)c1C(F)F. The van der Waals surface area contributed by atoms with E-state index in [9.17, 15) is 13.6 Å². The fourth-order valence-corrected chi connectivity index (χ4v) is 1.46. The van der Waals surface area contributed by atoms with E-state index in [-0.39, 0.29) is 16.1 Å². The minimum atomic E-state index is -2.86. The Kier molecular flexibility index (Phi) is 3.38. The zero-order valence-corrected chi connectivity index (χ0v) is 8.48. The number of hydrogen-bond donors (Lipinski definition) is 0. The summed E-state index contributed by atoms with van der Waals surface area (Å²) in [6.45, 7) is 1.15. The van der Waals surface area contributed by atoms with Gasteiger partial charge in [-0.1, -0.05) is 11.6 Å². The number of alkyl halides is 2. The van der Waals surface area contributed by atoms with Gasteiger partial charge in [-0.05, 0) is 19.1 Å². The summed E-state index contributed by atoms with van der Waals surface area (Å²) in [7, 11) is 0. The van der Waals surface area contributed by atoms with Crippen LogP contribution in [0.3, 0.4) is 0 Å². The molecule has 1 aromatic carbocycles. The van der Waals surface area contributed by atoms with Crippen molar-refractivity contribution in [2.45, 2.75) is 13.3 Å². The lowest BCUT2D eigenvalue weighted by molar-refractivity contribution is 0.0999. The molecule has 0 heterocycles. The molecule has 0 atom stereocenters. The van der Waals surface area contributed by atoms with Crippen molar-refractivity contribution in [2.75, 3.05) is 0 Å². The molecule has 0 N–H and O–H groups in total. The lowest BCUT2D eigenvalue weighted by Crippen LogP contribution is -2.03. The molecule has 5 heteroatoms. The van der Waals surface area contributed by atoms with Crippen LogP contribution in [0, 0.1) is 11.3 Å². The zero-order valence-electron chi connectivity index (χ0n) is 7.72. The fourth-order valence-electron chi connectivity index (χ4n) is 1.24. The van der Waals surface area contributed by atoms with Crippen molar-refractivity contribution in [3.8, 4) is 6.07 Å². The third kappa shape index (κ3) is 2.31. The van der Waals surface area contributed by atoms with Crippen molar-refractivity contribution in [1.82, 2.24) is 0 Å². The first-order valence-electron chi connectivity index (χ1n) is 4.00. The molecule has 0 aliphatic carbocycles. The van der Waals surface area contributed by atoms with Crippen LogP contribution >= 0.6 is 11.6 Å². The van der Waals surface area contributed by atoms with Gasteiger partial charge < -0.3 is 0 Å². The molecule has 0 spiro atoms. The Morgan fingerprint density at radius 2 is 2.13 bits per heavy atom. The molecule has 0 saturated heterocycles. The predicted octanol–water partition coefficient (Wildman–Crippen LogP) is 3.35. The van der Waals surface area contributed by atoms with Crippen LogP contribution in [0.1, 0.15) is 34.8 Å². The highest BCUT2D eigenvalue weighted by Crippen LogP contribution is 2.29. The quantitative estimate of drug-likeness (QED) is 0.730. The minimum absolute atomic E-state index is 0.0983. The van der Waals surface area contributed by atoms with Crippen molar-refractivity contribution >= 4 is 17.4 Å². The van der Waals surface area contributed by atoms with Gasteiger partial charge in [0.25, 0.3) is 6.43 Å². The highest BCUT2D eigenvalue weighted by atomic mass is 35.5. The molecule has 1 aromatic rings. The summed E-state index contributed by atoms with van der Waals surface area (Å²) in [4.78, 5) is 11.1. The van der Waals surface area contributed by atoms with Crippen LogP contribution in [0.15, 0.2) is 12.1 Å². The van der Waals surface area contributed by atoms with Crippen LogP contribution in [0.2, 0.25) is 5.02 Å². The first kappa shape index (κ1) is 11.6. The van der Waals surface area contributed by atoms with Gasteiger partial charge in [0.05, 0.1) is 11.6 Å². The highest BCUT2D eigenvalue weighted by Gasteiger charge is 2.21. The summed E-state index contributed by atoms with van der Waals surface area (Å²) in [5.74, 6) is -0.538. The Labute approximate surface area is 90.1 Å². The standard InChI is InChI=1S/C10H6ClF2NO/c1-5(15)8-3-7(11)2-6(4-14)9(8)10(12)13/h2-3,10H,1H3. The number of nitrogens with zero attached hydrogens (tertiary/aromatic N) is 1. The first-order chi connectivity index (χ1) is 6.97. The molecule has 0 amide bonds. The van der Waals surface area contributed by atoms with Gasteiger partial charge in [-0.2, -0.15) is 5.26 Å². The monoisotopic (exact) mass is 229 g/mol. The van der Waals surface area contributed by atoms with E-state index in [0.29, 0.717) is 0 Å². The average Bonchev–Trinajstić information content (AvgIpc) is 2.15. The van der Waals surface area contributed by atoms with Gasteiger partial charge in [-0.25, -0.2) is 8.78 Å². The molecule has 0 saturated carbocycles. The van der Waals surface area contributed by atoms with Gasteiger partial charge in [0.2, 0.25) is 0 Å². The van der Waals surface area contributed by atoms with Crippen LogP contribution < -0.4 is 0 Å². The summed E-state index contributed by atoms with van der Waals surface area (Å²) >= 11 is 5.60. The van der Waals surface area contributed by atoms with Crippen molar-refractivity contribution in [1.29, 1.82) is 5.26 Å². The predicted molar refractivity (Wildman–Crippen MR) is 51.1 cm³/mol. The number of carbonyl (C=O) groups excluding carboxylic acids is 1. The number of Topliss-reactive ketones (excluding diaryl/α,β-unsaturated/α-hetero) is 1. The number of rotatable bonds is 2. The van der Waals surface area contributed by atoms with E-state index >= 15 is 0 Å². The lowest BCUT2D eigenvalue weighted by Gasteiger charge is -2.08. The molecule has 0 radical (unpaired) electrons. The number of carbonyl (C=O) groups is 1. The molecule has 0 unspecified atom stereocenters. The summed E-state index contributed by atoms with van der Waals surface area (Å²) in [6, 6.07) is 3.86. The Bertz CT molecular complexity index is 451. The van der Waals surface area contributed by atoms with Gasteiger partial charge in [-0.3, -0.25) is 4.79 Å². The Morgan fingerprint density at radius 3 is 2.53 bits per heavy atom. The highest BCUT2D eigenvalue weighted by molar-refractivity contribution is 6.31. The molecule has 15 heavy (non-hydrogen) atoms. The second-order valence-corrected chi connectivity index (χ2v) is 3.32. The number of ketones is 1. The molecule has 78 valence electrons. The van der Waals surface area contributed by atoms with Crippen LogP contribution in [0.5, 0.6) is 0 Å². The molecular weight excluding hydrogens is 224 g/mol. The Hall–Kier alpha value is -1.47. The van der Waals surface area contributed by atoms with E-state index in [4.69, 9.17) is 16.9 Å². The van der Waals surface area contributed by atoms with Gasteiger partial charge >= 0.3 is 0 Å². The lowest BCUT2D eigenvalue weighted by atomic mass is 9.99. The molecule has 2 nitrogen and oxygen atoms in total. The topological polar surface area (TPSA) is 40.9 Å². The summed E-state index contributed by atoms with van der Waals surface area (Å²) in [5, 5.41) is 8.74. The van der Waals surface area contributed by atoms with E-state index in [1.807, 2.05) is 0 Å². The maximum absolute atomic E-state index is 12.6. The second kappa shape index (κ2) is 4.37. The van der Waals surface area contributed by atoms with E-state index in [2.05, 4.69) is 0 Å². The van der Waals surface area contributed by atoms with Crippen LogP contribution in [0.4, 0.5) is 8.78 Å². The van der Waals surface area contributed by atoms with Gasteiger partial charge in [0.15, 0.2) is 5.78 Å². The number of halogens is 3. The maximum atomic E-state index is 12.6. The molecular formula is C10H6ClF2NO. The minimum Gasteiger partial charge on any atom is -0.294 e. The van der Waals surface area contributed by atoms with E-state index in [0.717, 1.165) is 19.1 Å². The van der Waals surface area contributed by atoms with Crippen molar-refractivity contribution in [3.05, 3.63) is 33.8 Å². The van der Waals surface area contributed by atoms with E-state index < -0.39 is 17.8 Å². The summed E-state index contributed by atoms with van der Waals surface area (Å²) in [5.41, 5.74) is -1.01. The molecule has 0 aromatic heterocycles. The third-order valence-electron chi connectivity index (χ3n) is 1.86. The summed E-state index contributed by atoms with van der Waals surface area (Å²) < 4.78 is 25.2. The molecule has 1 rings (SSSR count). The number of benzene rings is 1. The first-order valence-corrected chi connectivity index (χ1v) is 4.37.